The molecule has 4 nitrogen and oxygen atoms in total. The first-order valence-electron chi connectivity index (χ1n) is 11.2. The summed E-state index contributed by atoms with van der Waals surface area (Å²) < 4.78 is 0. The van der Waals surface area contributed by atoms with Crippen molar-refractivity contribution < 1.29 is 9.59 Å². The smallest absolute Gasteiger partial charge is 0.243 e. The van der Waals surface area contributed by atoms with Crippen molar-refractivity contribution >= 4 is 58.4 Å². The largest absolute Gasteiger partial charge is 0.355 e. The summed E-state index contributed by atoms with van der Waals surface area (Å²) in [5.41, 5.74) is 2.67. The number of halogens is 3. The third-order valence-electron chi connectivity index (χ3n) is 5.42. The van der Waals surface area contributed by atoms with Gasteiger partial charge in [0.05, 0.1) is 5.75 Å². The maximum Gasteiger partial charge on any atom is 0.243 e. The van der Waals surface area contributed by atoms with Gasteiger partial charge in [0.25, 0.3) is 0 Å². The first kappa shape index (κ1) is 27.4. The number of thioether (sulfide) groups is 1. The van der Waals surface area contributed by atoms with Gasteiger partial charge in [-0.3, -0.25) is 9.59 Å². The number of benzene rings is 3. The summed E-state index contributed by atoms with van der Waals surface area (Å²) in [6.07, 6.45) is 0.410. The fourth-order valence-electron chi connectivity index (χ4n) is 3.63. The van der Waals surface area contributed by atoms with E-state index in [9.17, 15) is 9.59 Å². The fraction of sp³-hybridized carbons (Fsp3) is 0.259. The molecule has 0 saturated heterocycles. The lowest BCUT2D eigenvalue weighted by Gasteiger charge is -2.31. The van der Waals surface area contributed by atoms with E-state index < -0.39 is 6.04 Å². The minimum absolute atomic E-state index is 0.139. The number of carbonyl (C=O) groups is 2. The topological polar surface area (TPSA) is 49.4 Å². The molecule has 1 unspecified atom stereocenters. The van der Waals surface area contributed by atoms with Crippen LogP contribution in [0.1, 0.15) is 23.6 Å². The van der Waals surface area contributed by atoms with Crippen LogP contribution in [0.3, 0.4) is 0 Å². The Labute approximate surface area is 225 Å². The predicted octanol–water partition coefficient (Wildman–Crippen LogP) is 6.66. The Morgan fingerprint density at radius 2 is 1.54 bits per heavy atom. The maximum absolute atomic E-state index is 13.5. The molecule has 0 aliphatic heterocycles. The first-order chi connectivity index (χ1) is 16.9. The van der Waals surface area contributed by atoms with Crippen molar-refractivity contribution in [3.8, 4) is 0 Å². The third-order valence-corrected chi connectivity index (χ3v) is 7.33. The molecule has 2 amide bonds. The van der Waals surface area contributed by atoms with E-state index in [-0.39, 0.29) is 24.1 Å². The molecule has 184 valence electrons. The van der Waals surface area contributed by atoms with Crippen molar-refractivity contribution in [3.05, 3.63) is 105 Å². The van der Waals surface area contributed by atoms with Gasteiger partial charge in [0, 0.05) is 40.3 Å². The number of nitrogens with one attached hydrogen (secondary N) is 1. The molecule has 0 fully saturated rings. The standard InChI is InChI=1S/C27H27Cl3N2O2S/c1-2-31-27(34)25(15-19-7-4-3-5-8-19)32(16-20-11-13-21(28)14-12-20)26(33)18-35-17-22-23(29)9-6-10-24(22)30/h3-14,25H,2,15-18H2,1H3,(H,31,34). The van der Waals surface area contributed by atoms with E-state index in [0.717, 1.165) is 16.7 Å². The van der Waals surface area contributed by atoms with Crippen molar-refractivity contribution in [2.75, 3.05) is 12.3 Å². The van der Waals surface area contributed by atoms with Crippen LogP contribution in [0.25, 0.3) is 0 Å². The normalized spacial score (nSPS) is 11.7. The van der Waals surface area contributed by atoms with E-state index in [1.807, 2.05) is 49.4 Å². The number of carbonyl (C=O) groups excluding carboxylic acids is 2. The number of rotatable bonds is 11. The lowest BCUT2D eigenvalue weighted by atomic mass is 10.0. The van der Waals surface area contributed by atoms with Crippen LogP contribution in [0.2, 0.25) is 15.1 Å². The van der Waals surface area contributed by atoms with Crippen LogP contribution in [-0.2, 0) is 28.3 Å². The third kappa shape index (κ3) is 8.18. The maximum atomic E-state index is 13.5. The fourth-order valence-corrected chi connectivity index (χ4v) is 5.40. The summed E-state index contributed by atoms with van der Waals surface area (Å²) in [6, 6.07) is 21.7. The molecular formula is C27H27Cl3N2O2S. The molecule has 1 N–H and O–H groups in total. The van der Waals surface area contributed by atoms with Crippen LogP contribution in [0.15, 0.2) is 72.8 Å². The van der Waals surface area contributed by atoms with Gasteiger partial charge >= 0.3 is 0 Å². The van der Waals surface area contributed by atoms with Crippen LogP contribution in [0, 0.1) is 0 Å². The highest BCUT2D eigenvalue weighted by Crippen LogP contribution is 2.28. The number of nitrogens with zero attached hydrogens (tertiary/aromatic N) is 1. The molecule has 0 aromatic heterocycles. The summed E-state index contributed by atoms with van der Waals surface area (Å²) in [5.74, 6) is 0.349. The van der Waals surface area contributed by atoms with Gasteiger partial charge in [-0.25, -0.2) is 0 Å². The Bertz CT molecular complexity index is 1110. The lowest BCUT2D eigenvalue weighted by Crippen LogP contribution is -2.51. The second kappa shape index (κ2) is 13.8. The Morgan fingerprint density at radius 3 is 2.17 bits per heavy atom. The van der Waals surface area contributed by atoms with Crippen LogP contribution in [0.4, 0.5) is 0 Å². The highest BCUT2D eigenvalue weighted by Gasteiger charge is 2.30. The molecule has 0 bridgehead atoms. The molecule has 3 aromatic carbocycles. The van der Waals surface area contributed by atoms with Crippen molar-refractivity contribution in [3.63, 3.8) is 0 Å². The van der Waals surface area contributed by atoms with Gasteiger partial charge < -0.3 is 10.2 Å². The number of amides is 2. The zero-order valence-corrected chi connectivity index (χ0v) is 22.4. The predicted molar refractivity (Wildman–Crippen MR) is 147 cm³/mol. The molecule has 0 saturated carbocycles. The second-order valence-corrected chi connectivity index (χ2v) is 10.2. The van der Waals surface area contributed by atoms with Crippen LogP contribution >= 0.6 is 46.6 Å². The van der Waals surface area contributed by atoms with E-state index in [2.05, 4.69) is 5.32 Å². The molecule has 3 aromatic rings. The number of hydrogen-bond acceptors (Lipinski definition) is 3. The van der Waals surface area contributed by atoms with Crippen LogP contribution < -0.4 is 5.32 Å². The highest BCUT2D eigenvalue weighted by molar-refractivity contribution is 7.99. The minimum atomic E-state index is -0.662. The summed E-state index contributed by atoms with van der Waals surface area (Å²) in [6.45, 7) is 2.64. The zero-order chi connectivity index (χ0) is 25.2. The molecule has 0 spiro atoms. The zero-order valence-electron chi connectivity index (χ0n) is 19.3. The molecule has 8 heteroatoms. The van der Waals surface area contributed by atoms with Crippen LogP contribution in [0.5, 0.6) is 0 Å². The molecule has 35 heavy (non-hydrogen) atoms. The van der Waals surface area contributed by atoms with E-state index in [4.69, 9.17) is 34.8 Å². The molecule has 0 radical (unpaired) electrons. The second-order valence-electron chi connectivity index (χ2n) is 7.94. The SMILES string of the molecule is CCNC(=O)C(Cc1ccccc1)N(Cc1ccc(Cl)cc1)C(=O)CSCc1c(Cl)cccc1Cl. The number of likely N-dealkylation sites (N-methyl/N-ethyl adjacent to an activating group) is 1. The van der Waals surface area contributed by atoms with E-state index in [1.54, 1.807) is 35.2 Å². The molecule has 0 aliphatic rings. The van der Waals surface area contributed by atoms with Gasteiger partial charge in [0.15, 0.2) is 0 Å². The Morgan fingerprint density at radius 1 is 0.886 bits per heavy atom. The molecular weight excluding hydrogens is 523 g/mol. The average Bonchev–Trinajstić information content (AvgIpc) is 2.85. The van der Waals surface area contributed by atoms with Crippen molar-refractivity contribution in [1.29, 1.82) is 0 Å². The first-order valence-corrected chi connectivity index (χ1v) is 13.5. The van der Waals surface area contributed by atoms with E-state index >= 15 is 0 Å². The summed E-state index contributed by atoms with van der Waals surface area (Å²) >= 11 is 20.1. The van der Waals surface area contributed by atoms with Crippen molar-refractivity contribution in [1.82, 2.24) is 10.2 Å². The van der Waals surface area contributed by atoms with Gasteiger partial charge in [0.2, 0.25) is 11.8 Å². The molecule has 1 atom stereocenters. The average molecular weight is 550 g/mol. The van der Waals surface area contributed by atoms with Gasteiger partial charge in [-0.15, -0.1) is 11.8 Å². The Hall–Kier alpha value is -2.18. The van der Waals surface area contributed by atoms with Gasteiger partial charge in [0.1, 0.15) is 6.04 Å². The summed E-state index contributed by atoms with van der Waals surface area (Å²) in [4.78, 5) is 28.4. The quantitative estimate of drug-likeness (QED) is 0.291. The number of hydrogen-bond donors (Lipinski definition) is 1. The van der Waals surface area contributed by atoms with Crippen LogP contribution in [-0.4, -0.2) is 35.1 Å². The Balaban J connectivity index is 1.84. The summed E-state index contributed by atoms with van der Waals surface area (Å²) in [5, 5.41) is 4.65. The Kier molecular flexibility index (Phi) is 10.8. The van der Waals surface area contributed by atoms with Gasteiger partial charge in [-0.05, 0) is 47.9 Å². The van der Waals surface area contributed by atoms with Crippen molar-refractivity contribution in [2.45, 2.75) is 31.7 Å². The summed E-state index contributed by atoms with van der Waals surface area (Å²) in [7, 11) is 0. The molecule has 0 heterocycles. The molecule has 3 rings (SSSR count). The molecule has 0 aliphatic carbocycles. The monoisotopic (exact) mass is 548 g/mol. The lowest BCUT2D eigenvalue weighted by molar-refractivity contribution is -0.139. The van der Waals surface area contributed by atoms with Crippen molar-refractivity contribution in [2.24, 2.45) is 0 Å². The highest BCUT2D eigenvalue weighted by atomic mass is 35.5. The minimum Gasteiger partial charge on any atom is -0.355 e. The van der Waals surface area contributed by atoms with Gasteiger partial charge in [-0.1, -0.05) is 83.3 Å². The van der Waals surface area contributed by atoms with E-state index in [0.29, 0.717) is 33.8 Å². The van der Waals surface area contributed by atoms with E-state index in [1.165, 1.54) is 11.8 Å². The van der Waals surface area contributed by atoms with Gasteiger partial charge in [-0.2, -0.15) is 0 Å².